The minimum absolute atomic E-state index is 0.742. The molecule has 332 valence electrons. The topological polar surface area (TPSA) is 30.2 Å². The largest absolute Gasteiger partial charge is 0.457 e. The van der Waals surface area contributed by atoms with Crippen LogP contribution < -0.4 is 8.80 Å². The summed E-state index contributed by atoms with van der Waals surface area (Å²) in [6, 6.07) is 92.1. The summed E-state index contributed by atoms with van der Waals surface area (Å²) in [4.78, 5) is 0. The van der Waals surface area contributed by atoms with Crippen molar-refractivity contribution in [2.75, 3.05) is 0 Å². The van der Waals surface area contributed by atoms with Gasteiger partial charge in [0.2, 0.25) is 0 Å². The van der Waals surface area contributed by atoms with Crippen LogP contribution >= 0.6 is 0 Å². The van der Waals surface area contributed by atoms with Gasteiger partial charge in [0.05, 0.1) is 0 Å². The lowest BCUT2D eigenvalue weighted by molar-refractivity contribution is -0.479. The van der Waals surface area contributed by atoms with E-state index in [4.69, 9.17) is 4.42 Å². The van der Waals surface area contributed by atoms with E-state index in [-0.39, 0.29) is 0 Å². The third-order valence-electron chi connectivity index (χ3n) is 14.1. The molecule has 25 aromatic rings. The van der Waals surface area contributed by atoms with E-state index in [1.807, 2.05) is 12.1 Å². The van der Waals surface area contributed by atoms with E-state index >= 15 is 0 Å². The molecule has 71 heavy (non-hydrogen) atoms. The minimum Gasteiger partial charge on any atom is -0.457 e. The Balaban J connectivity index is 1.23. The van der Waals surface area contributed by atoms with E-state index in [0.29, 0.717) is 0 Å². The fourth-order valence-corrected chi connectivity index (χ4v) is 10.5. The standard InChI is InChI=1S/C66H44N4O/c1-3-19-63-61(17-1)67-43-69(63)65-57-13-7-14-58(65)50-35-27-46(28-36-50)22-24-48-31-39-52(40-32-48)60-16-8-15-59(51-37-29-47(30-38-51)23-21-45-25-33-49(57)34-26-45)66(60)70-44-68(62-18-2-4-20-64(62)70)54-10-6-12-56(42-54)71-55-11-5-9-53(67)41-55/h1-44H/q+2. The molecule has 0 fully saturated rings. The first-order valence-corrected chi connectivity index (χ1v) is 24.1. The van der Waals surface area contributed by atoms with Gasteiger partial charge in [0.15, 0.2) is 22.1 Å². The molecule has 5 heteroatoms. The van der Waals surface area contributed by atoms with Crippen molar-refractivity contribution in [2.45, 2.75) is 0 Å². The number of para-hydroxylation sites is 6. The highest BCUT2D eigenvalue weighted by molar-refractivity contribution is 6.09. The minimum atomic E-state index is 0.742. The van der Waals surface area contributed by atoms with Gasteiger partial charge < -0.3 is 4.42 Å². The lowest BCUT2D eigenvalue weighted by atomic mass is 10.0. The van der Waals surface area contributed by atoms with Crippen LogP contribution in [0.4, 0.5) is 0 Å². The van der Waals surface area contributed by atoms with E-state index in [1.54, 1.807) is 0 Å². The average molecular weight is 909 g/mol. The number of hydrogen-bond donors (Lipinski definition) is 0. The van der Waals surface area contributed by atoms with E-state index in [2.05, 4.69) is 273 Å². The highest BCUT2D eigenvalue weighted by Gasteiger charge is 2.17. The molecule has 0 saturated heterocycles. The Labute approximate surface area is 407 Å². The van der Waals surface area contributed by atoms with Gasteiger partial charge in [0, 0.05) is 33.7 Å². The maximum atomic E-state index is 6.82. The first-order chi connectivity index (χ1) is 35.1. The molecule has 0 unspecified atom stereocenters. The van der Waals surface area contributed by atoms with Crippen molar-refractivity contribution in [3.05, 3.63) is 267 Å². The predicted molar refractivity (Wildman–Crippen MR) is 295 cm³/mol. The molecule has 0 saturated carbocycles. The molecular weight excluding hydrogens is 865 g/mol. The van der Waals surface area contributed by atoms with Gasteiger partial charge >= 0.3 is 0 Å². The van der Waals surface area contributed by atoms with E-state index in [9.17, 15) is 0 Å². The van der Waals surface area contributed by atoms with Crippen molar-refractivity contribution in [1.29, 1.82) is 0 Å². The van der Waals surface area contributed by atoms with Crippen LogP contribution in [0.5, 0.6) is 0 Å². The Morgan fingerprint density at radius 3 is 0.944 bits per heavy atom. The summed E-state index contributed by atoms with van der Waals surface area (Å²) in [6.45, 7) is 0. The zero-order chi connectivity index (χ0) is 46.8. The second-order valence-electron chi connectivity index (χ2n) is 18.3. The maximum Gasteiger partial charge on any atom is 0.255 e. The Bertz CT molecular complexity index is 4300. The van der Waals surface area contributed by atoms with Gasteiger partial charge in [0.25, 0.3) is 12.7 Å². The third-order valence-corrected chi connectivity index (χ3v) is 14.1. The number of imidazole rings is 2. The van der Waals surface area contributed by atoms with Gasteiger partial charge in [-0.3, -0.25) is 0 Å². The van der Waals surface area contributed by atoms with E-state index in [1.165, 1.54) is 0 Å². The van der Waals surface area contributed by atoms with Crippen molar-refractivity contribution in [3.8, 4) is 0 Å². The monoisotopic (exact) mass is 908 g/mol. The summed E-state index contributed by atoms with van der Waals surface area (Å²) in [6.07, 6.45) is 4.46. The summed E-state index contributed by atoms with van der Waals surface area (Å²) in [5, 5.41) is 13.6. The molecule has 17 aromatic carbocycles. The van der Waals surface area contributed by atoms with Crippen LogP contribution in [-0.4, -0.2) is 8.80 Å². The molecule has 0 atom stereocenters. The molecule has 0 radical (unpaired) electrons. The summed E-state index contributed by atoms with van der Waals surface area (Å²) in [5.74, 6) is 0. The highest BCUT2D eigenvalue weighted by atomic mass is 16.3. The first kappa shape index (κ1) is 40.5. The quantitative estimate of drug-likeness (QED) is 0.139. The second-order valence-corrected chi connectivity index (χ2v) is 18.3. The molecule has 0 aliphatic heterocycles. The summed E-state index contributed by atoms with van der Waals surface area (Å²) in [7, 11) is 0. The number of rotatable bonds is 0. The number of benzene rings is 10. The van der Waals surface area contributed by atoms with Crippen LogP contribution in [0.25, 0.3) is 120 Å². The van der Waals surface area contributed by atoms with Gasteiger partial charge in [-0.25, -0.2) is 0 Å². The first-order valence-electron chi connectivity index (χ1n) is 24.1. The smallest absolute Gasteiger partial charge is 0.255 e. The average Bonchev–Trinajstić information content (AvgIpc) is 4.02. The van der Waals surface area contributed by atoms with Crippen LogP contribution in [0.1, 0.15) is 0 Å². The number of nitrogens with zero attached hydrogens (tertiary/aromatic N) is 4. The van der Waals surface area contributed by atoms with Crippen molar-refractivity contribution in [3.63, 3.8) is 0 Å². The van der Waals surface area contributed by atoms with Crippen molar-refractivity contribution < 1.29 is 13.2 Å². The van der Waals surface area contributed by atoms with Crippen LogP contribution in [0.2, 0.25) is 0 Å². The molecule has 0 aliphatic carbocycles. The second kappa shape index (κ2) is 16.6. The van der Waals surface area contributed by atoms with Gasteiger partial charge in [-0.05, 0) is 91.6 Å². The number of fused-ring (bicyclic) bond motifs is 2. The molecule has 25 rings (SSSR count). The predicted octanol–water partition coefficient (Wildman–Crippen LogP) is 16.1. The zero-order valence-corrected chi connectivity index (χ0v) is 38.6. The van der Waals surface area contributed by atoms with E-state index < -0.39 is 0 Å². The SMILES string of the molecule is c1cc2c3ccc(ccc4ccc(cc4)c4cccc5c6ccc(ccc7ccc(cc7)c(c1)c2[n+]1cn(c2cccc(c2)oc2cccc(c2)n2c[n+](c7ccccc72)c45)c2ccccc21)cc6)cc3. The molecule has 8 heterocycles. The molecule has 5 nitrogen and oxygen atoms in total. The Morgan fingerprint density at radius 2 is 0.592 bits per heavy atom. The number of aromatic nitrogens is 4. The van der Waals surface area contributed by atoms with Crippen LogP contribution in [0.15, 0.2) is 272 Å². The molecule has 0 aliphatic rings. The molecule has 22 bridgehead atoms. The van der Waals surface area contributed by atoms with Crippen molar-refractivity contribution in [1.82, 2.24) is 8.80 Å². The lowest BCUT2D eigenvalue weighted by Gasteiger charge is -2.02. The molecule has 0 amide bonds. The summed E-state index contributed by atoms with van der Waals surface area (Å²) in [5.41, 5.74) is 9.99. The van der Waals surface area contributed by atoms with Gasteiger partial charge in [0.1, 0.15) is 33.2 Å². The Kier molecular flexibility index (Phi) is 9.46. The molecular formula is C66H44N4O+2. The van der Waals surface area contributed by atoms with Crippen molar-refractivity contribution >= 4 is 120 Å². The summed E-state index contributed by atoms with van der Waals surface area (Å²) < 4.78 is 16.1. The Hall–Kier alpha value is -9.58. The zero-order valence-electron chi connectivity index (χ0n) is 38.6. The lowest BCUT2D eigenvalue weighted by Crippen LogP contribution is -2.18. The molecule has 0 N–H and O–H groups in total. The van der Waals surface area contributed by atoms with Crippen molar-refractivity contribution in [2.24, 2.45) is 0 Å². The van der Waals surface area contributed by atoms with Gasteiger partial charge in [-0.2, -0.15) is 17.6 Å². The molecule has 0 spiro atoms. The van der Waals surface area contributed by atoms with Crippen LogP contribution in [0.3, 0.4) is 0 Å². The van der Waals surface area contributed by atoms with E-state index in [0.717, 1.165) is 120 Å². The van der Waals surface area contributed by atoms with Crippen LogP contribution in [-0.2, 0) is 0 Å². The normalized spacial score (nSPS) is 11.7. The Morgan fingerprint density at radius 1 is 0.282 bits per heavy atom. The van der Waals surface area contributed by atoms with Crippen LogP contribution in [0, 0.1) is 0 Å². The fourth-order valence-electron chi connectivity index (χ4n) is 10.5. The van der Waals surface area contributed by atoms with Gasteiger partial charge in [-0.1, -0.05) is 194 Å². The fraction of sp³-hybridized carbons (Fsp3) is 0. The summed E-state index contributed by atoms with van der Waals surface area (Å²) >= 11 is 0. The highest BCUT2D eigenvalue weighted by Crippen LogP contribution is 2.29. The third kappa shape index (κ3) is 7.10. The van der Waals surface area contributed by atoms with Gasteiger partial charge in [-0.15, -0.1) is 0 Å². The molecule has 8 aromatic heterocycles. The number of hydrogen-bond acceptors (Lipinski definition) is 1. The maximum absolute atomic E-state index is 6.82.